The van der Waals surface area contributed by atoms with E-state index in [0.717, 1.165) is 10.2 Å². The van der Waals surface area contributed by atoms with Crippen LogP contribution in [0.2, 0.25) is 0 Å². The molecule has 0 spiro atoms. The van der Waals surface area contributed by atoms with Gasteiger partial charge in [-0.1, -0.05) is 50.2 Å². The molecule has 11 heteroatoms. The van der Waals surface area contributed by atoms with E-state index in [0.29, 0.717) is 10.6 Å². The number of carbonyl (C=O) groups excluding carboxylic acids is 1. The van der Waals surface area contributed by atoms with Crippen molar-refractivity contribution in [2.45, 2.75) is 38.9 Å². The van der Waals surface area contributed by atoms with Crippen molar-refractivity contribution >= 4 is 48.0 Å². The third-order valence-electron chi connectivity index (χ3n) is 5.33. The number of amides is 1. The van der Waals surface area contributed by atoms with Crippen molar-refractivity contribution in [1.29, 1.82) is 0 Å². The van der Waals surface area contributed by atoms with Crippen molar-refractivity contribution in [2.75, 3.05) is 4.90 Å². The van der Waals surface area contributed by atoms with Crippen molar-refractivity contribution in [3.05, 3.63) is 75.1 Å². The first kappa shape index (κ1) is 26.3. The highest BCUT2D eigenvalue weighted by Gasteiger charge is 2.44. The Labute approximate surface area is 206 Å². The first-order valence-corrected chi connectivity index (χ1v) is 14.0. The number of carboxylic acids is 1. The molecule has 0 aliphatic carbocycles. The summed E-state index contributed by atoms with van der Waals surface area (Å²) in [6.07, 6.45) is 0.0451. The largest absolute Gasteiger partial charge is 0.480 e. The fraction of sp³-hybridized carbons (Fsp3) is 0.304. The SMILES string of the molecule is CC(C)C(C(=O)N(c1ccsc1)C(Cc1ccccc1)C(=O)O)N(Cc1cccs1)P(=O)(O)O. The second-order valence-electron chi connectivity index (χ2n) is 8.11. The van der Waals surface area contributed by atoms with Crippen LogP contribution in [0, 0.1) is 5.92 Å². The van der Waals surface area contributed by atoms with Crippen LogP contribution < -0.4 is 4.90 Å². The van der Waals surface area contributed by atoms with Gasteiger partial charge in [-0.25, -0.2) is 9.36 Å². The molecule has 0 fully saturated rings. The summed E-state index contributed by atoms with van der Waals surface area (Å²) in [5.41, 5.74) is 1.11. The number of benzene rings is 1. The molecule has 0 bridgehead atoms. The lowest BCUT2D eigenvalue weighted by atomic mass is 9.99. The standard InChI is InChI=1S/C23H27N2O6PS2/c1-16(2)21(24(32(29,30)31)14-19-9-6-11-34-19)22(26)25(18-10-12-33-15-18)20(23(27)28)13-17-7-4-3-5-8-17/h3-12,15-16,20-21H,13-14H2,1-2H3,(H,27,28)(H2,29,30,31). The number of hydrogen-bond donors (Lipinski definition) is 3. The molecule has 2 unspecified atom stereocenters. The summed E-state index contributed by atoms with van der Waals surface area (Å²) in [6, 6.07) is 11.6. The second-order valence-corrected chi connectivity index (χ2v) is 11.5. The van der Waals surface area contributed by atoms with Crippen LogP contribution in [0.3, 0.4) is 0 Å². The number of aliphatic carboxylic acids is 1. The molecule has 3 rings (SSSR count). The van der Waals surface area contributed by atoms with Gasteiger partial charge in [-0.3, -0.25) is 9.69 Å². The van der Waals surface area contributed by atoms with Gasteiger partial charge in [0.15, 0.2) is 0 Å². The zero-order valence-electron chi connectivity index (χ0n) is 18.7. The summed E-state index contributed by atoms with van der Waals surface area (Å²) >= 11 is 2.63. The summed E-state index contributed by atoms with van der Waals surface area (Å²) < 4.78 is 13.4. The number of nitrogens with zero attached hydrogens (tertiary/aromatic N) is 2. The Kier molecular flexibility index (Phi) is 8.81. The molecule has 8 nitrogen and oxygen atoms in total. The Morgan fingerprint density at radius 1 is 1.03 bits per heavy atom. The number of rotatable bonds is 11. The summed E-state index contributed by atoms with van der Waals surface area (Å²) in [7, 11) is -4.87. The summed E-state index contributed by atoms with van der Waals surface area (Å²) in [4.78, 5) is 48.7. The number of hydrogen-bond acceptors (Lipinski definition) is 5. The maximum absolute atomic E-state index is 14.0. The van der Waals surface area contributed by atoms with Gasteiger partial charge in [0.1, 0.15) is 12.1 Å². The van der Waals surface area contributed by atoms with Gasteiger partial charge < -0.3 is 14.9 Å². The zero-order chi connectivity index (χ0) is 24.9. The topological polar surface area (TPSA) is 118 Å². The molecule has 2 aromatic heterocycles. The van der Waals surface area contributed by atoms with Gasteiger partial charge >= 0.3 is 13.7 Å². The van der Waals surface area contributed by atoms with E-state index in [-0.39, 0.29) is 13.0 Å². The van der Waals surface area contributed by atoms with Gasteiger partial charge in [-0.2, -0.15) is 16.0 Å². The van der Waals surface area contributed by atoms with Gasteiger partial charge in [-0.05, 0) is 34.4 Å². The van der Waals surface area contributed by atoms with Crippen LogP contribution in [0.15, 0.2) is 64.7 Å². The van der Waals surface area contributed by atoms with E-state index in [1.165, 1.54) is 27.6 Å². The highest BCUT2D eigenvalue weighted by atomic mass is 32.1. The maximum atomic E-state index is 14.0. The van der Waals surface area contributed by atoms with E-state index in [1.807, 2.05) is 6.07 Å². The predicted octanol–water partition coefficient (Wildman–Crippen LogP) is 4.46. The van der Waals surface area contributed by atoms with Crippen LogP contribution in [0.25, 0.3) is 0 Å². The van der Waals surface area contributed by atoms with Crippen molar-refractivity contribution in [1.82, 2.24) is 4.67 Å². The molecule has 1 amide bonds. The van der Waals surface area contributed by atoms with E-state index in [9.17, 15) is 29.0 Å². The van der Waals surface area contributed by atoms with E-state index in [2.05, 4.69) is 0 Å². The van der Waals surface area contributed by atoms with Gasteiger partial charge in [0.25, 0.3) is 0 Å². The molecule has 34 heavy (non-hydrogen) atoms. The molecular formula is C23H27N2O6PS2. The smallest absolute Gasteiger partial charge is 0.404 e. The van der Waals surface area contributed by atoms with Crippen molar-refractivity contribution in [2.24, 2.45) is 5.92 Å². The molecule has 0 aliphatic rings. The van der Waals surface area contributed by atoms with Gasteiger partial charge in [0.2, 0.25) is 5.91 Å². The molecule has 182 valence electrons. The number of carboxylic acid groups (broad SMARTS) is 1. The Morgan fingerprint density at radius 3 is 2.24 bits per heavy atom. The van der Waals surface area contributed by atoms with E-state index in [4.69, 9.17) is 0 Å². The summed E-state index contributed by atoms with van der Waals surface area (Å²) in [5, 5.41) is 15.3. The molecule has 1 aromatic carbocycles. The van der Waals surface area contributed by atoms with Crippen molar-refractivity contribution < 1.29 is 29.0 Å². The van der Waals surface area contributed by atoms with Crippen molar-refractivity contribution in [3.8, 4) is 0 Å². The minimum atomic E-state index is -4.87. The Morgan fingerprint density at radius 2 is 1.74 bits per heavy atom. The third-order valence-corrected chi connectivity index (χ3v) is 7.92. The molecule has 0 saturated carbocycles. The zero-order valence-corrected chi connectivity index (χ0v) is 21.2. The van der Waals surface area contributed by atoms with Crippen LogP contribution in [-0.2, 0) is 27.1 Å². The molecule has 3 N–H and O–H groups in total. The third kappa shape index (κ3) is 6.41. The minimum Gasteiger partial charge on any atom is -0.480 e. The van der Waals surface area contributed by atoms with E-state index >= 15 is 0 Å². The van der Waals surface area contributed by atoms with Crippen LogP contribution in [-0.4, -0.2) is 43.5 Å². The van der Waals surface area contributed by atoms with Crippen molar-refractivity contribution in [3.63, 3.8) is 0 Å². The molecule has 0 radical (unpaired) electrons. The Bertz CT molecular complexity index is 1120. The Hall–Kier alpha value is -2.33. The second kappa shape index (κ2) is 11.4. The molecule has 0 saturated heterocycles. The summed E-state index contributed by atoms with van der Waals surface area (Å²) in [5.74, 6) is -2.38. The molecule has 2 atom stereocenters. The highest BCUT2D eigenvalue weighted by Crippen LogP contribution is 2.45. The maximum Gasteiger partial charge on any atom is 0.404 e. The first-order valence-electron chi connectivity index (χ1n) is 10.6. The van der Waals surface area contributed by atoms with Crippen LogP contribution in [0.4, 0.5) is 5.69 Å². The van der Waals surface area contributed by atoms with E-state index < -0.39 is 37.6 Å². The fourth-order valence-electron chi connectivity index (χ4n) is 3.80. The number of thiophene rings is 2. The lowest BCUT2D eigenvalue weighted by Crippen LogP contribution is -2.55. The predicted molar refractivity (Wildman–Crippen MR) is 134 cm³/mol. The molecule has 2 heterocycles. The average Bonchev–Trinajstić information content (AvgIpc) is 3.47. The number of carbonyl (C=O) groups is 2. The van der Waals surface area contributed by atoms with Gasteiger partial charge in [-0.15, -0.1) is 11.3 Å². The fourth-order valence-corrected chi connectivity index (χ4v) is 6.25. The summed E-state index contributed by atoms with van der Waals surface area (Å²) in [6.45, 7) is 3.25. The molecular weight excluding hydrogens is 495 g/mol. The normalized spacial score (nSPS) is 13.7. The first-order chi connectivity index (χ1) is 16.1. The Balaban J connectivity index is 2.06. The quantitative estimate of drug-likeness (QED) is 0.318. The molecule has 0 aliphatic heterocycles. The lowest BCUT2D eigenvalue weighted by Gasteiger charge is -2.38. The van der Waals surface area contributed by atoms with Crippen LogP contribution in [0.1, 0.15) is 24.3 Å². The van der Waals surface area contributed by atoms with Gasteiger partial charge in [0, 0.05) is 23.2 Å². The van der Waals surface area contributed by atoms with Crippen LogP contribution >= 0.6 is 30.4 Å². The highest BCUT2D eigenvalue weighted by molar-refractivity contribution is 7.49. The number of anilines is 1. The molecule has 3 aromatic rings. The van der Waals surface area contributed by atoms with E-state index in [1.54, 1.807) is 72.5 Å². The average molecular weight is 523 g/mol. The van der Waals surface area contributed by atoms with Crippen LogP contribution in [0.5, 0.6) is 0 Å². The minimum absolute atomic E-state index is 0.0451. The lowest BCUT2D eigenvalue weighted by molar-refractivity contribution is -0.140. The van der Waals surface area contributed by atoms with Gasteiger partial charge in [0.05, 0.1) is 5.69 Å². The monoisotopic (exact) mass is 522 g/mol.